The Labute approximate surface area is 129 Å². The van der Waals surface area contributed by atoms with Gasteiger partial charge in [-0.1, -0.05) is 30.3 Å². The third-order valence-corrected chi connectivity index (χ3v) is 5.16. The van der Waals surface area contributed by atoms with Gasteiger partial charge in [-0.2, -0.15) is 0 Å². The maximum atomic E-state index is 4.80. The van der Waals surface area contributed by atoms with Crippen LogP contribution in [0, 0.1) is 13.8 Å². The summed E-state index contributed by atoms with van der Waals surface area (Å²) in [6, 6.07) is 15.1. The van der Waals surface area contributed by atoms with E-state index >= 15 is 0 Å². The lowest BCUT2D eigenvalue weighted by Gasteiger charge is -2.17. The van der Waals surface area contributed by atoms with E-state index in [-0.39, 0.29) is 6.04 Å². The number of aryl methyl sites for hydroxylation is 2. The van der Waals surface area contributed by atoms with Crippen molar-refractivity contribution in [3.05, 3.63) is 64.2 Å². The summed E-state index contributed by atoms with van der Waals surface area (Å²) in [6.07, 6.45) is 0.981. The zero-order valence-corrected chi connectivity index (χ0v) is 13.5. The number of rotatable bonds is 4. The predicted octanol–water partition coefficient (Wildman–Crippen LogP) is 4.42. The Kier molecular flexibility index (Phi) is 4.04. The molecule has 1 unspecified atom stereocenters. The smallest absolute Gasteiger partial charge is 0.111 e. The molecule has 0 amide bonds. The van der Waals surface area contributed by atoms with Crippen molar-refractivity contribution in [1.82, 2.24) is 10.3 Å². The molecule has 0 fully saturated rings. The normalized spacial score (nSPS) is 12.7. The first-order valence-corrected chi connectivity index (χ1v) is 8.08. The fraction of sp³-hybridized carbons (Fsp3) is 0.278. The molecule has 0 aliphatic heterocycles. The lowest BCUT2D eigenvalue weighted by molar-refractivity contribution is 0.587. The molecular weight excluding hydrogens is 276 g/mol. The largest absolute Gasteiger partial charge is 0.311 e. The molecule has 1 N–H and O–H groups in total. The van der Waals surface area contributed by atoms with Gasteiger partial charge in [0.1, 0.15) is 5.01 Å². The minimum absolute atomic E-state index is 0.266. The van der Waals surface area contributed by atoms with Crippen molar-refractivity contribution in [2.24, 2.45) is 0 Å². The summed E-state index contributed by atoms with van der Waals surface area (Å²) in [7, 11) is 2.02. The van der Waals surface area contributed by atoms with Gasteiger partial charge in [-0.15, -0.1) is 11.3 Å². The molecule has 3 aromatic rings. The third kappa shape index (κ3) is 2.85. The summed E-state index contributed by atoms with van der Waals surface area (Å²) in [5.41, 5.74) is 5.24. The molecule has 0 saturated carbocycles. The van der Waals surface area contributed by atoms with E-state index in [9.17, 15) is 0 Å². The Morgan fingerprint density at radius 1 is 1.05 bits per heavy atom. The summed E-state index contributed by atoms with van der Waals surface area (Å²) >= 11 is 1.79. The second kappa shape index (κ2) is 5.96. The van der Waals surface area contributed by atoms with Crippen molar-refractivity contribution >= 4 is 21.6 Å². The van der Waals surface area contributed by atoms with Gasteiger partial charge < -0.3 is 5.32 Å². The number of nitrogens with one attached hydrogen (secondary N) is 1. The average molecular weight is 296 g/mol. The number of likely N-dealkylation sites (N-methyl/N-ethyl adjacent to an activating group) is 1. The van der Waals surface area contributed by atoms with Gasteiger partial charge in [-0.3, -0.25) is 0 Å². The fourth-order valence-electron chi connectivity index (χ4n) is 2.73. The van der Waals surface area contributed by atoms with E-state index in [1.165, 1.54) is 26.4 Å². The Morgan fingerprint density at radius 3 is 2.43 bits per heavy atom. The van der Waals surface area contributed by atoms with Gasteiger partial charge in [0.25, 0.3) is 0 Å². The summed E-state index contributed by atoms with van der Waals surface area (Å²) < 4.78 is 1.26. The van der Waals surface area contributed by atoms with Crippen LogP contribution in [0.3, 0.4) is 0 Å². The van der Waals surface area contributed by atoms with Crippen LogP contribution in [0.25, 0.3) is 10.2 Å². The van der Waals surface area contributed by atoms with Crippen LogP contribution < -0.4 is 5.32 Å². The van der Waals surface area contributed by atoms with Crippen LogP contribution in [0.5, 0.6) is 0 Å². The second-order valence-electron chi connectivity index (χ2n) is 5.44. The Bertz CT molecular complexity index is 708. The molecule has 1 aromatic heterocycles. The van der Waals surface area contributed by atoms with Crippen LogP contribution in [0.1, 0.15) is 27.7 Å². The maximum absolute atomic E-state index is 4.80. The molecule has 2 nitrogen and oxygen atoms in total. The van der Waals surface area contributed by atoms with E-state index in [4.69, 9.17) is 4.98 Å². The molecule has 1 atom stereocenters. The number of aromatic nitrogens is 1. The van der Waals surface area contributed by atoms with Gasteiger partial charge >= 0.3 is 0 Å². The molecule has 1 heterocycles. The monoisotopic (exact) mass is 296 g/mol. The molecule has 0 spiro atoms. The molecule has 21 heavy (non-hydrogen) atoms. The van der Waals surface area contributed by atoms with Crippen molar-refractivity contribution in [3.8, 4) is 0 Å². The van der Waals surface area contributed by atoms with Crippen molar-refractivity contribution in [1.29, 1.82) is 0 Å². The quantitative estimate of drug-likeness (QED) is 0.771. The topological polar surface area (TPSA) is 24.9 Å². The van der Waals surface area contributed by atoms with Gasteiger partial charge in [0, 0.05) is 0 Å². The van der Waals surface area contributed by atoms with Crippen LogP contribution in [0.2, 0.25) is 0 Å². The SMILES string of the molecule is CNC(Cc1c(C)cccc1C)c1nc2ccccc2s1. The fourth-order valence-corrected chi connectivity index (χ4v) is 3.80. The van der Waals surface area contributed by atoms with Gasteiger partial charge in [0.15, 0.2) is 0 Å². The standard InChI is InChI=1S/C18H20N2S/c1-12-7-6-8-13(2)14(12)11-16(19-3)18-20-15-9-4-5-10-17(15)21-18/h4-10,16,19H,11H2,1-3H3. The lowest BCUT2D eigenvalue weighted by atomic mass is 9.96. The molecule has 0 radical (unpaired) electrons. The van der Waals surface area contributed by atoms with Gasteiger partial charge in [-0.05, 0) is 56.1 Å². The molecule has 0 aliphatic carbocycles. The van der Waals surface area contributed by atoms with Crippen molar-refractivity contribution in [2.45, 2.75) is 26.3 Å². The summed E-state index contributed by atoms with van der Waals surface area (Å²) in [4.78, 5) is 4.80. The second-order valence-corrected chi connectivity index (χ2v) is 6.50. The number of hydrogen-bond donors (Lipinski definition) is 1. The minimum Gasteiger partial charge on any atom is -0.311 e. The molecular formula is C18H20N2S. The van der Waals surface area contributed by atoms with E-state index in [0.717, 1.165) is 11.9 Å². The van der Waals surface area contributed by atoms with Gasteiger partial charge in [0.2, 0.25) is 0 Å². The minimum atomic E-state index is 0.266. The summed E-state index contributed by atoms with van der Waals surface area (Å²) in [5.74, 6) is 0. The number of para-hydroxylation sites is 1. The zero-order chi connectivity index (χ0) is 14.8. The van der Waals surface area contributed by atoms with Crippen molar-refractivity contribution in [3.63, 3.8) is 0 Å². The van der Waals surface area contributed by atoms with E-state index in [1.54, 1.807) is 11.3 Å². The number of thiazole rings is 1. The van der Waals surface area contributed by atoms with E-state index < -0.39 is 0 Å². The average Bonchev–Trinajstić information content (AvgIpc) is 2.90. The summed E-state index contributed by atoms with van der Waals surface area (Å²) in [5, 5.41) is 4.60. The van der Waals surface area contributed by atoms with Crippen LogP contribution in [-0.4, -0.2) is 12.0 Å². The van der Waals surface area contributed by atoms with Crippen LogP contribution in [0.15, 0.2) is 42.5 Å². The number of benzene rings is 2. The zero-order valence-electron chi connectivity index (χ0n) is 12.7. The molecule has 3 heteroatoms. The van der Waals surface area contributed by atoms with Crippen LogP contribution in [0.4, 0.5) is 0 Å². The van der Waals surface area contributed by atoms with Gasteiger partial charge in [0.05, 0.1) is 16.3 Å². The summed E-state index contributed by atoms with van der Waals surface area (Å²) in [6.45, 7) is 4.38. The van der Waals surface area contributed by atoms with E-state index in [2.05, 4.69) is 55.6 Å². The van der Waals surface area contributed by atoms with E-state index in [0.29, 0.717) is 0 Å². The van der Waals surface area contributed by atoms with Crippen molar-refractivity contribution in [2.75, 3.05) is 7.05 Å². The molecule has 2 aromatic carbocycles. The number of fused-ring (bicyclic) bond motifs is 1. The molecule has 0 bridgehead atoms. The Hall–Kier alpha value is -1.71. The highest BCUT2D eigenvalue weighted by Gasteiger charge is 2.17. The van der Waals surface area contributed by atoms with E-state index in [1.807, 2.05) is 13.1 Å². The van der Waals surface area contributed by atoms with Crippen LogP contribution in [-0.2, 0) is 6.42 Å². The maximum Gasteiger partial charge on any atom is 0.111 e. The first-order chi connectivity index (χ1) is 10.2. The molecule has 108 valence electrons. The van der Waals surface area contributed by atoms with Gasteiger partial charge in [-0.25, -0.2) is 4.98 Å². The van der Waals surface area contributed by atoms with Crippen molar-refractivity contribution < 1.29 is 0 Å². The molecule has 0 saturated heterocycles. The highest BCUT2D eigenvalue weighted by atomic mass is 32.1. The highest BCUT2D eigenvalue weighted by Crippen LogP contribution is 2.29. The predicted molar refractivity (Wildman–Crippen MR) is 91.0 cm³/mol. The number of hydrogen-bond acceptors (Lipinski definition) is 3. The van der Waals surface area contributed by atoms with Crippen LogP contribution >= 0.6 is 11.3 Å². The molecule has 0 aliphatic rings. The first kappa shape index (κ1) is 14.2. The Balaban J connectivity index is 1.95. The Morgan fingerprint density at radius 2 is 1.76 bits per heavy atom. The molecule has 3 rings (SSSR count). The lowest BCUT2D eigenvalue weighted by Crippen LogP contribution is -2.19. The third-order valence-electron chi connectivity index (χ3n) is 4.01. The highest BCUT2D eigenvalue weighted by molar-refractivity contribution is 7.18. The first-order valence-electron chi connectivity index (χ1n) is 7.27. The number of nitrogens with zero attached hydrogens (tertiary/aromatic N) is 1.